The number of nitrogens with one attached hydrogen (secondary N) is 1. The lowest BCUT2D eigenvalue weighted by Crippen LogP contribution is -2.28. The highest BCUT2D eigenvalue weighted by Crippen LogP contribution is 2.26. The molecule has 0 bridgehead atoms. The molecule has 11 nitrogen and oxygen atoms in total. The number of nitrogens with two attached hydrogens (primary N) is 2. The number of nitriles is 2. The van der Waals surface area contributed by atoms with Crippen LogP contribution in [0.3, 0.4) is 0 Å². The molecule has 0 aliphatic carbocycles. The lowest BCUT2D eigenvalue weighted by Gasteiger charge is -2.21. The van der Waals surface area contributed by atoms with Crippen LogP contribution in [0.1, 0.15) is 29.9 Å². The van der Waals surface area contributed by atoms with Crippen LogP contribution in [0.2, 0.25) is 0 Å². The maximum absolute atomic E-state index is 14.7. The van der Waals surface area contributed by atoms with Crippen LogP contribution in [0.5, 0.6) is 0 Å². The van der Waals surface area contributed by atoms with Gasteiger partial charge in [-0.25, -0.2) is 13.8 Å². The van der Waals surface area contributed by atoms with Crippen LogP contribution in [0.4, 0.5) is 26.4 Å². The minimum atomic E-state index is -0.925. The third-order valence-corrected chi connectivity index (χ3v) is 4.88. The second-order valence-corrected chi connectivity index (χ2v) is 7.07. The molecule has 1 aromatic carbocycles. The second-order valence-electron chi connectivity index (χ2n) is 7.07. The summed E-state index contributed by atoms with van der Waals surface area (Å²) in [6, 6.07) is 5.97. The molecule has 3 aromatic heterocycles. The largest absolute Gasteiger partial charge is 0.382 e. The van der Waals surface area contributed by atoms with Gasteiger partial charge in [-0.1, -0.05) is 0 Å². The van der Waals surface area contributed by atoms with Gasteiger partial charge in [-0.2, -0.15) is 20.5 Å². The molecule has 168 valence electrons. The Morgan fingerprint density at radius 2 is 1.88 bits per heavy atom. The van der Waals surface area contributed by atoms with Crippen LogP contribution in [0.15, 0.2) is 35.4 Å². The van der Waals surface area contributed by atoms with E-state index in [2.05, 4.69) is 25.3 Å². The first-order valence-electron chi connectivity index (χ1n) is 9.61. The van der Waals surface area contributed by atoms with Crippen molar-refractivity contribution in [2.45, 2.75) is 13.0 Å². The quantitative estimate of drug-likeness (QED) is 0.406. The number of nitrogen functional groups attached to an aromatic ring is 2. The summed E-state index contributed by atoms with van der Waals surface area (Å²) in [5.41, 5.74) is 9.97. The third kappa shape index (κ3) is 3.67. The highest BCUT2D eigenvalue weighted by molar-refractivity contribution is 5.85. The molecule has 0 saturated carbocycles. The minimum absolute atomic E-state index is 0.0153. The van der Waals surface area contributed by atoms with E-state index < -0.39 is 23.2 Å². The number of pyridine rings is 1. The number of rotatable bonds is 4. The fourth-order valence-electron chi connectivity index (χ4n) is 3.41. The van der Waals surface area contributed by atoms with Crippen molar-refractivity contribution in [3.8, 4) is 17.8 Å². The SMILES string of the molecule is C[C@H](Nc1nc(N)nc(N)c1C#N)c1nc2c(F)ccc(C#N)c2c(=O)n1-c1cncc(F)c1. The number of benzene rings is 1. The first kappa shape index (κ1) is 22.0. The van der Waals surface area contributed by atoms with Gasteiger partial charge in [-0.05, 0) is 19.1 Å². The van der Waals surface area contributed by atoms with Gasteiger partial charge in [-0.15, -0.1) is 0 Å². The molecule has 5 N–H and O–H groups in total. The van der Waals surface area contributed by atoms with Crippen LogP contribution in [0.25, 0.3) is 16.6 Å². The summed E-state index contributed by atoms with van der Waals surface area (Å²) in [6.45, 7) is 1.54. The zero-order chi connectivity index (χ0) is 24.6. The van der Waals surface area contributed by atoms with E-state index in [1.165, 1.54) is 6.20 Å². The Balaban J connectivity index is 2.02. The Labute approximate surface area is 190 Å². The molecule has 0 aliphatic rings. The van der Waals surface area contributed by atoms with Crippen molar-refractivity contribution in [1.29, 1.82) is 10.5 Å². The van der Waals surface area contributed by atoms with Crippen molar-refractivity contribution in [2.24, 2.45) is 0 Å². The van der Waals surface area contributed by atoms with E-state index in [1.54, 1.807) is 6.92 Å². The standard InChI is InChI=1S/C21H14F2N10O/c1-9(29-18-13(6-25)17(26)31-21(27)32-18)19-30-16-14(23)3-2-10(5-24)15(16)20(34)33(19)12-4-11(22)7-28-8-12/h2-4,7-9H,1H3,(H5,26,27,29,31,32)/t9-/m0/s1. The molecule has 0 radical (unpaired) electrons. The van der Waals surface area contributed by atoms with E-state index in [4.69, 9.17) is 11.5 Å². The Morgan fingerprint density at radius 3 is 2.56 bits per heavy atom. The summed E-state index contributed by atoms with van der Waals surface area (Å²) in [4.78, 5) is 29.2. The van der Waals surface area contributed by atoms with Gasteiger partial charge in [0.1, 0.15) is 46.5 Å². The average molecular weight is 460 g/mol. The predicted octanol–water partition coefficient (Wildman–Crippen LogP) is 1.93. The van der Waals surface area contributed by atoms with Gasteiger partial charge in [0.15, 0.2) is 5.82 Å². The highest BCUT2D eigenvalue weighted by atomic mass is 19.1. The monoisotopic (exact) mass is 460 g/mol. The Kier molecular flexibility index (Phi) is 5.45. The van der Waals surface area contributed by atoms with Crippen molar-refractivity contribution in [2.75, 3.05) is 16.8 Å². The molecular weight excluding hydrogens is 446 g/mol. The summed E-state index contributed by atoms with van der Waals surface area (Å²) in [5, 5.41) is 21.4. The summed E-state index contributed by atoms with van der Waals surface area (Å²) < 4.78 is 29.6. The van der Waals surface area contributed by atoms with E-state index in [1.807, 2.05) is 12.1 Å². The lowest BCUT2D eigenvalue weighted by molar-refractivity contribution is 0.616. The topological polar surface area (TPSA) is 185 Å². The molecular formula is C21H14F2N10O. The molecule has 0 unspecified atom stereocenters. The number of halogens is 2. The van der Waals surface area contributed by atoms with Gasteiger partial charge in [0.05, 0.1) is 35.1 Å². The van der Waals surface area contributed by atoms with Gasteiger partial charge in [0.25, 0.3) is 5.56 Å². The zero-order valence-corrected chi connectivity index (χ0v) is 17.4. The maximum Gasteiger partial charge on any atom is 0.267 e. The lowest BCUT2D eigenvalue weighted by atomic mass is 10.1. The average Bonchev–Trinajstić information content (AvgIpc) is 2.79. The van der Waals surface area contributed by atoms with Crippen molar-refractivity contribution in [1.82, 2.24) is 24.5 Å². The molecule has 0 saturated heterocycles. The fourth-order valence-corrected chi connectivity index (χ4v) is 3.41. The number of hydrogen-bond donors (Lipinski definition) is 3. The molecule has 13 heteroatoms. The van der Waals surface area contributed by atoms with E-state index in [9.17, 15) is 24.1 Å². The molecule has 3 heterocycles. The summed E-state index contributed by atoms with van der Waals surface area (Å²) in [6.07, 6.45) is 2.15. The summed E-state index contributed by atoms with van der Waals surface area (Å²) in [7, 11) is 0. The molecule has 34 heavy (non-hydrogen) atoms. The van der Waals surface area contributed by atoms with Crippen molar-refractivity contribution >= 4 is 28.5 Å². The molecule has 0 fully saturated rings. The van der Waals surface area contributed by atoms with Crippen molar-refractivity contribution in [3.05, 3.63) is 69.5 Å². The number of aromatic nitrogens is 5. The fraction of sp³-hybridized carbons (Fsp3) is 0.0952. The van der Waals surface area contributed by atoms with E-state index in [0.717, 1.165) is 29.0 Å². The summed E-state index contributed by atoms with van der Waals surface area (Å²) >= 11 is 0. The van der Waals surface area contributed by atoms with Crippen molar-refractivity contribution < 1.29 is 8.78 Å². The maximum atomic E-state index is 14.7. The number of fused-ring (bicyclic) bond motifs is 1. The smallest absolute Gasteiger partial charge is 0.267 e. The van der Waals surface area contributed by atoms with Crippen LogP contribution < -0.4 is 22.3 Å². The normalized spacial score (nSPS) is 11.6. The Morgan fingerprint density at radius 1 is 1.12 bits per heavy atom. The molecule has 0 spiro atoms. The van der Waals surface area contributed by atoms with E-state index >= 15 is 0 Å². The minimum Gasteiger partial charge on any atom is -0.382 e. The second kappa shape index (κ2) is 8.40. The Hall–Kier alpha value is -5.17. The zero-order valence-electron chi connectivity index (χ0n) is 17.4. The molecule has 4 rings (SSSR count). The van der Waals surface area contributed by atoms with Crippen LogP contribution in [0, 0.1) is 34.3 Å². The van der Waals surface area contributed by atoms with E-state index in [0.29, 0.717) is 0 Å². The first-order chi connectivity index (χ1) is 16.2. The van der Waals surface area contributed by atoms with Crippen LogP contribution in [-0.2, 0) is 0 Å². The van der Waals surface area contributed by atoms with Gasteiger partial charge in [-0.3, -0.25) is 14.3 Å². The van der Waals surface area contributed by atoms with Gasteiger partial charge in [0.2, 0.25) is 5.95 Å². The van der Waals surface area contributed by atoms with E-state index in [-0.39, 0.29) is 51.1 Å². The molecule has 1 atom stereocenters. The van der Waals surface area contributed by atoms with Crippen LogP contribution >= 0.6 is 0 Å². The molecule has 4 aromatic rings. The predicted molar refractivity (Wildman–Crippen MR) is 117 cm³/mol. The first-order valence-corrected chi connectivity index (χ1v) is 9.61. The number of hydrogen-bond acceptors (Lipinski definition) is 10. The third-order valence-electron chi connectivity index (χ3n) is 4.88. The number of nitrogens with zero attached hydrogens (tertiary/aromatic N) is 7. The van der Waals surface area contributed by atoms with Gasteiger partial charge < -0.3 is 16.8 Å². The molecule has 0 aliphatic heterocycles. The van der Waals surface area contributed by atoms with Crippen molar-refractivity contribution in [3.63, 3.8) is 0 Å². The van der Waals surface area contributed by atoms with Gasteiger partial charge in [0, 0.05) is 6.07 Å². The highest BCUT2D eigenvalue weighted by Gasteiger charge is 2.23. The Bertz CT molecular complexity index is 1600. The summed E-state index contributed by atoms with van der Waals surface area (Å²) in [5.74, 6) is -2.10. The van der Waals surface area contributed by atoms with Crippen LogP contribution in [-0.4, -0.2) is 24.5 Å². The molecule has 0 amide bonds. The number of anilines is 3. The van der Waals surface area contributed by atoms with Gasteiger partial charge >= 0.3 is 0 Å².